The molecule has 2 N–H and O–H groups in total. The quantitative estimate of drug-likeness (QED) is 0.851. The van der Waals surface area contributed by atoms with Crippen molar-refractivity contribution in [3.05, 3.63) is 40.4 Å². The molecule has 0 saturated heterocycles. The lowest BCUT2D eigenvalue weighted by atomic mass is 10.1. The van der Waals surface area contributed by atoms with Crippen LogP contribution < -0.4 is 10.5 Å². The van der Waals surface area contributed by atoms with Crippen molar-refractivity contribution >= 4 is 15.9 Å². The zero-order valence-corrected chi connectivity index (χ0v) is 10.7. The third-order valence-electron chi connectivity index (χ3n) is 1.96. The molecule has 1 aromatic carbocycles. The first-order valence-corrected chi connectivity index (χ1v) is 5.63. The maximum atomic E-state index is 5.84. The molecule has 0 saturated carbocycles. The summed E-state index contributed by atoms with van der Waals surface area (Å²) in [5.41, 5.74) is 7.88. The molecule has 0 fully saturated rings. The second-order valence-electron chi connectivity index (χ2n) is 3.69. The molecule has 0 bridgehead atoms. The third kappa shape index (κ3) is 3.36. The Bertz CT molecular complexity index is 361. The first-order valence-electron chi connectivity index (χ1n) is 4.83. The predicted octanol–water partition coefficient (Wildman–Crippen LogP) is 3.42. The van der Waals surface area contributed by atoms with E-state index in [1.54, 1.807) is 0 Å². The normalized spacial score (nSPS) is 12.3. The topological polar surface area (TPSA) is 35.2 Å². The molecule has 0 heterocycles. The highest BCUT2D eigenvalue weighted by atomic mass is 79.9. The van der Waals surface area contributed by atoms with Crippen molar-refractivity contribution in [3.8, 4) is 5.75 Å². The van der Waals surface area contributed by atoms with Gasteiger partial charge in [-0.2, -0.15) is 0 Å². The number of halogens is 1. The molecule has 1 unspecified atom stereocenters. The van der Waals surface area contributed by atoms with Gasteiger partial charge in [0.25, 0.3) is 0 Å². The summed E-state index contributed by atoms with van der Waals surface area (Å²) < 4.78 is 6.52. The second-order valence-corrected chi connectivity index (χ2v) is 4.49. The molecule has 1 rings (SSSR count). The monoisotopic (exact) mass is 269 g/mol. The molecule has 15 heavy (non-hydrogen) atoms. The number of nitrogens with two attached hydrogens (primary N) is 1. The van der Waals surface area contributed by atoms with Gasteiger partial charge >= 0.3 is 0 Å². The van der Waals surface area contributed by atoms with E-state index >= 15 is 0 Å². The van der Waals surface area contributed by atoms with Crippen molar-refractivity contribution in [1.82, 2.24) is 0 Å². The van der Waals surface area contributed by atoms with Crippen LogP contribution in [0, 0.1) is 0 Å². The van der Waals surface area contributed by atoms with Gasteiger partial charge in [0.1, 0.15) is 12.4 Å². The van der Waals surface area contributed by atoms with Crippen molar-refractivity contribution < 1.29 is 4.74 Å². The Morgan fingerprint density at radius 3 is 2.80 bits per heavy atom. The molecule has 0 radical (unpaired) electrons. The van der Waals surface area contributed by atoms with Crippen molar-refractivity contribution in [2.24, 2.45) is 5.73 Å². The van der Waals surface area contributed by atoms with E-state index in [0.717, 1.165) is 21.4 Å². The van der Waals surface area contributed by atoms with E-state index in [0.29, 0.717) is 6.61 Å². The fraction of sp³-hybridized carbons (Fsp3) is 0.333. The van der Waals surface area contributed by atoms with Gasteiger partial charge in [0.15, 0.2) is 0 Å². The first kappa shape index (κ1) is 12.3. The third-order valence-corrected chi connectivity index (χ3v) is 2.81. The average Bonchev–Trinajstić information content (AvgIpc) is 2.15. The Morgan fingerprint density at radius 1 is 1.60 bits per heavy atom. The van der Waals surface area contributed by atoms with Crippen LogP contribution in [0.4, 0.5) is 0 Å². The zero-order valence-electron chi connectivity index (χ0n) is 9.09. The summed E-state index contributed by atoms with van der Waals surface area (Å²) >= 11 is 3.50. The van der Waals surface area contributed by atoms with Crippen LogP contribution >= 0.6 is 15.9 Å². The molecule has 0 aliphatic carbocycles. The maximum absolute atomic E-state index is 5.84. The molecule has 1 atom stereocenters. The number of benzene rings is 1. The second kappa shape index (κ2) is 5.33. The minimum atomic E-state index is -0.00671. The smallest absolute Gasteiger partial charge is 0.134 e. The average molecular weight is 270 g/mol. The number of rotatable bonds is 4. The van der Waals surface area contributed by atoms with Gasteiger partial charge in [0.05, 0.1) is 4.47 Å². The molecule has 0 spiro atoms. The molecular formula is C12H16BrNO. The van der Waals surface area contributed by atoms with Gasteiger partial charge < -0.3 is 10.5 Å². The van der Waals surface area contributed by atoms with E-state index in [-0.39, 0.29) is 6.04 Å². The molecule has 3 heteroatoms. The van der Waals surface area contributed by atoms with Gasteiger partial charge in [-0.05, 0) is 47.0 Å². The highest BCUT2D eigenvalue weighted by Gasteiger charge is 2.09. The molecule has 82 valence electrons. The molecular weight excluding hydrogens is 254 g/mol. The van der Waals surface area contributed by atoms with Crippen LogP contribution in [-0.4, -0.2) is 6.61 Å². The van der Waals surface area contributed by atoms with Crippen molar-refractivity contribution in [2.45, 2.75) is 19.9 Å². The molecule has 0 amide bonds. The van der Waals surface area contributed by atoms with Crippen LogP contribution in [0.3, 0.4) is 0 Å². The van der Waals surface area contributed by atoms with Gasteiger partial charge in [-0.3, -0.25) is 0 Å². The Morgan fingerprint density at radius 2 is 2.27 bits per heavy atom. The van der Waals surface area contributed by atoms with Crippen LogP contribution in [0.2, 0.25) is 0 Å². The zero-order chi connectivity index (χ0) is 11.4. The van der Waals surface area contributed by atoms with Crippen LogP contribution in [0.25, 0.3) is 0 Å². The summed E-state index contributed by atoms with van der Waals surface area (Å²) in [6, 6.07) is 5.84. The fourth-order valence-corrected chi connectivity index (χ4v) is 1.93. The Hall–Kier alpha value is -0.800. The summed E-state index contributed by atoms with van der Waals surface area (Å²) in [6.07, 6.45) is 0. The van der Waals surface area contributed by atoms with Crippen LogP contribution in [0.15, 0.2) is 34.8 Å². The molecule has 1 aromatic rings. The van der Waals surface area contributed by atoms with Gasteiger partial charge in [0, 0.05) is 6.04 Å². The van der Waals surface area contributed by atoms with E-state index in [9.17, 15) is 0 Å². The van der Waals surface area contributed by atoms with Gasteiger partial charge in [-0.25, -0.2) is 0 Å². The van der Waals surface area contributed by atoms with E-state index in [2.05, 4.69) is 22.5 Å². The fourth-order valence-electron chi connectivity index (χ4n) is 1.19. The minimum absolute atomic E-state index is 0.00671. The van der Waals surface area contributed by atoms with Gasteiger partial charge in [0.2, 0.25) is 0 Å². The lowest BCUT2D eigenvalue weighted by molar-refractivity contribution is 0.350. The lowest BCUT2D eigenvalue weighted by Gasteiger charge is -2.13. The van der Waals surface area contributed by atoms with Crippen molar-refractivity contribution in [1.29, 1.82) is 0 Å². The first-order chi connectivity index (χ1) is 7.02. The van der Waals surface area contributed by atoms with E-state index in [1.807, 2.05) is 32.0 Å². The molecule has 0 aliphatic heterocycles. The van der Waals surface area contributed by atoms with Crippen molar-refractivity contribution in [2.75, 3.05) is 6.61 Å². The van der Waals surface area contributed by atoms with Crippen LogP contribution in [-0.2, 0) is 0 Å². The standard InChI is InChI=1S/C12H16BrNO/c1-8(2)7-15-11-6-4-5-10(9(3)14)12(11)13/h4-6,9H,1,7,14H2,2-3H3. The number of ether oxygens (including phenoxy) is 1. The maximum Gasteiger partial charge on any atom is 0.134 e. The summed E-state index contributed by atoms with van der Waals surface area (Å²) in [7, 11) is 0. The summed E-state index contributed by atoms with van der Waals surface area (Å²) in [6.45, 7) is 8.20. The van der Waals surface area contributed by atoms with E-state index < -0.39 is 0 Å². The SMILES string of the molecule is C=C(C)COc1cccc(C(C)N)c1Br. The summed E-state index contributed by atoms with van der Waals surface area (Å²) in [5, 5.41) is 0. The number of hydrogen-bond acceptors (Lipinski definition) is 2. The van der Waals surface area contributed by atoms with Crippen molar-refractivity contribution in [3.63, 3.8) is 0 Å². The Balaban J connectivity index is 2.89. The van der Waals surface area contributed by atoms with Crippen LogP contribution in [0.5, 0.6) is 5.75 Å². The Kier molecular flexibility index (Phi) is 4.36. The van der Waals surface area contributed by atoms with Gasteiger partial charge in [-0.1, -0.05) is 18.7 Å². The van der Waals surface area contributed by atoms with E-state index in [4.69, 9.17) is 10.5 Å². The lowest BCUT2D eigenvalue weighted by Crippen LogP contribution is -2.07. The van der Waals surface area contributed by atoms with Crippen LogP contribution in [0.1, 0.15) is 25.5 Å². The predicted molar refractivity (Wildman–Crippen MR) is 67.1 cm³/mol. The molecule has 2 nitrogen and oxygen atoms in total. The largest absolute Gasteiger partial charge is 0.488 e. The minimum Gasteiger partial charge on any atom is -0.488 e. The molecule has 0 aromatic heterocycles. The molecule has 0 aliphatic rings. The highest BCUT2D eigenvalue weighted by Crippen LogP contribution is 2.31. The van der Waals surface area contributed by atoms with Gasteiger partial charge in [-0.15, -0.1) is 0 Å². The highest BCUT2D eigenvalue weighted by molar-refractivity contribution is 9.10. The number of hydrogen-bond donors (Lipinski definition) is 1. The summed E-state index contributed by atoms with van der Waals surface area (Å²) in [4.78, 5) is 0. The van der Waals surface area contributed by atoms with E-state index in [1.165, 1.54) is 0 Å². The summed E-state index contributed by atoms with van der Waals surface area (Å²) in [5.74, 6) is 0.813. The Labute approximate surface area is 99.3 Å².